The summed E-state index contributed by atoms with van der Waals surface area (Å²) in [5.41, 5.74) is 4.58. The number of rotatable bonds is 3. The molecule has 0 spiro atoms. The molecule has 4 rings (SSSR count). The van der Waals surface area contributed by atoms with Crippen molar-refractivity contribution >= 4 is 17.0 Å². The number of likely N-dealkylation sites (N-methyl/N-ethyl adjacent to an activating group) is 1. The molecule has 6 nitrogen and oxygen atoms in total. The number of nitrogens with zero attached hydrogens (tertiary/aromatic N) is 3. The molecular formula is C21H24N4O2. The largest absolute Gasteiger partial charge is 0.337 e. The molecule has 3 heterocycles. The number of aromatic nitrogens is 2. The van der Waals surface area contributed by atoms with E-state index in [1.54, 1.807) is 0 Å². The summed E-state index contributed by atoms with van der Waals surface area (Å²) in [5.74, 6) is 0.0158. The highest BCUT2D eigenvalue weighted by molar-refractivity contribution is 6.07. The summed E-state index contributed by atoms with van der Waals surface area (Å²) in [6.07, 6.45) is 2.09. The number of carbonyl (C=O) groups excluding carboxylic acids is 1. The average molecular weight is 364 g/mol. The van der Waals surface area contributed by atoms with Crippen molar-refractivity contribution in [3.8, 4) is 11.3 Å². The first-order valence-electron chi connectivity index (χ1n) is 9.37. The molecule has 0 radical (unpaired) electrons. The predicted molar refractivity (Wildman–Crippen MR) is 105 cm³/mol. The molecule has 1 amide bonds. The zero-order valence-electron chi connectivity index (χ0n) is 16.0. The van der Waals surface area contributed by atoms with Gasteiger partial charge in [-0.15, -0.1) is 0 Å². The molecule has 27 heavy (non-hydrogen) atoms. The van der Waals surface area contributed by atoms with Gasteiger partial charge in [0.1, 0.15) is 0 Å². The number of aryl methyl sites for hydroxylation is 2. The minimum absolute atomic E-state index is 0.0158. The van der Waals surface area contributed by atoms with Crippen molar-refractivity contribution < 1.29 is 9.32 Å². The van der Waals surface area contributed by atoms with Gasteiger partial charge < -0.3 is 14.7 Å². The lowest BCUT2D eigenvalue weighted by Crippen LogP contribution is -2.47. The summed E-state index contributed by atoms with van der Waals surface area (Å²) in [6.45, 7) is 5.38. The Balaban J connectivity index is 1.79. The zero-order chi connectivity index (χ0) is 19.0. The second-order valence-corrected chi connectivity index (χ2v) is 7.25. The third-order valence-corrected chi connectivity index (χ3v) is 5.31. The second kappa shape index (κ2) is 7.12. The van der Waals surface area contributed by atoms with Gasteiger partial charge in [-0.1, -0.05) is 35.0 Å². The van der Waals surface area contributed by atoms with E-state index in [0.29, 0.717) is 34.9 Å². The van der Waals surface area contributed by atoms with Crippen LogP contribution in [0, 0.1) is 13.8 Å². The molecule has 1 saturated heterocycles. The Bertz CT molecular complexity index is 978. The van der Waals surface area contributed by atoms with E-state index < -0.39 is 0 Å². The molecule has 2 aromatic heterocycles. The van der Waals surface area contributed by atoms with Gasteiger partial charge in [0.15, 0.2) is 0 Å². The number of likely N-dealkylation sites (tertiary alicyclic amines) is 1. The van der Waals surface area contributed by atoms with Gasteiger partial charge in [-0.25, -0.2) is 4.98 Å². The van der Waals surface area contributed by atoms with Crippen LogP contribution in [0.15, 0.2) is 34.9 Å². The minimum atomic E-state index is 0.0158. The standard InChI is InChI=1S/C21H24N4O2/c1-13-6-8-15(9-7-13)18-11-17(19-14(2)24-27-20(19)23-18)21(26)25-10-4-5-16(12-25)22-3/h6-9,11,16,22H,4-5,10,12H2,1-3H3. The maximum Gasteiger partial charge on any atom is 0.259 e. The van der Waals surface area contributed by atoms with Crippen molar-refractivity contribution in [2.75, 3.05) is 20.1 Å². The van der Waals surface area contributed by atoms with Crippen LogP contribution in [0.4, 0.5) is 0 Å². The van der Waals surface area contributed by atoms with Gasteiger partial charge in [0.2, 0.25) is 0 Å². The SMILES string of the molecule is CNC1CCCN(C(=O)c2cc(-c3ccc(C)cc3)nc3onc(C)c23)C1. The van der Waals surface area contributed by atoms with E-state index >= 15 is 0 Å². The van der Waals surface area contributed by atoms with E-state index in [4.69, 9.17) is 4.52 Å². The van der Waals surface area contributed by atoms with Crippen molar-refractivity contribution in [1.29, 1.82) is 0 Å². The Morgan fingerprint density at radius 2 is 2.04 bits per heavy atom. The summed E-state index contributed by atoms with van der Waals surface area (Å²) < 4.78 is 5.41. The first-order valence-corrected chi connectivity index (χ1v) is 9.37. The minimum Gasteiger partial charge on any atom is -0.337 e. The van der Waals surface area contributed by atoms with Crippen molar-refractivity contribution in [3.05, 3.63) is 47.2 Å². The fourth-order valence-electron chi connectivity index (χ4n) is 3.70. The number of carbonyl (C=O) groups is 1. The molecule has 1 unspecified atom stereocenters. The molecule has 3 aromatic rings. The number of hydrogen-bond donors (Lipinski definition) is 1. The molecule has 140 valence electrons. The maximum absolute atomic E-state index is 13.4. The number of pyridine rings is 1. The molecule has 1 aromatic carbocycles. The Labute approximate surface area is 158 Å². The van der Waals surface area contributed by atoms with Gasteiger partial charge in [-0.2, -0.15) is 0 Å². The van der Waals surface area contributed by atoms with Crippen molar-refractivity contribution in [1.82, 2.24) is 20.4 Å². The van der Waals surface area contributed by atoms with Gasteiger partial charge in [-0.3, -0.25) is 4.79 Å². The van der Waals surface area contributed by atoms with Crippen molar-refractivity contribution in [2.24, 2.45) is 0 Å². The third kappa shape index (κ3) is 3.32. The highest BCUT2D eigenvalue weighted by Crippen LogP contribution is 2.28. The number of benzene rings is 1. The summed E-state index contributed by atoms with van der Waals surface area (Å²) in [4.78, 5) is 19.9. The summed E-state index contributed by atoms with van der Waals surface area (Å²) in [7, 11) is 1.95. The summed E-state index contributed by atoms with van der Waals surface area (Å²) in [6, 6.07) is 10.3. The van der Waals surface area contributed by atoms with Crippen LogP contribution in [0.5, 0.6) is 0 Å². The molecule has 1 fully saturated rings. The number of fused-ring (bicyclic) bond motifs is 1. The Kier molecular flexibility index (Phi) is 4.66. The van der Waals surface area contributed by atoms with E-state index in [1.807, 2.05) is 56.1 Å². The van der Waals surface area contributed by atoms with Crippen molar-refractivity contribution in [2.45, 2.75) is 32.7 Å². The normalized spacial score (nSPS) is 17.4. The highest BCUT2D eigenvalue weighted by Gasteiger charge is 2.27. The van der Waals surface area contributed by atoms with Crippen molar-refractivity contribution in [3.63, 3.8) is 0 Å². The second-order valence-electron chi connectivity index (χ2n) is 7.25. The van der Waals surface area contributed by atoms with Gasteiger partial charge in [-0.05, 0) is 39.8 Å². The lowest BCUT2D eigenvalue weighted by atomic mass is 10.0. The van der Waals surface area contributed by atoms with E-state index in [2.05, 4.69) is 15.5 Å². The Morgan fingerprint density at radius 3 is 2.78 bits per heavy atom. The van der Waals surface area contributed by atoms with Crippen LogP contribution >= 0.6 is 0 Å². The van der Waals surface area contributed by atoms with E-state index in [1.165, 1.54) is 5.56 Å². The van der Waals surface area contributed by atoms with Crippen LogP contribution in [0.3, 0.4) is 0 Å². The van der Waals surface area contributed by atoms with Gasteiger partial charge in [0.25, 0.3) is 11.6 Å². The van der Waals surface area contributed by atoms with E-state index in [-0.39, 0.29) is 5.91 Å². The molecule has 6 heteroatoms. The van der Waals surface area contributed by atoms with Crippen LogP contribution in [0.1, 0.15) is 34.5 Å². The van der Waals surface area contributed by atoms with Gasteiger partial charge in [0.05, 0.1) is 22.3 Å². The van der Waals surface area contributed by atoms with E-state index in [9.17, 15) is 4.79 Å². The first-order chi connectivity index (χ1) is 13.1. The summed E-state index contributed by atoms with van der Waals surface area (Å²) >= 11 is 0. The predicted octanol–water partition coefficient (Wildman–Crippen LogP) is 3.33. The fraction of sp³-hybridized carbons (Fsp3) is 0.381. The number of amides is 1. The smallest absolute Gasteiger partial charge is 0.259 e. The quantitative estimate of drug-likeness (QED) is 0.772. The van der Waals surface area contributed by atoms with Crippen LogP contribution in [0.2, 0.25) is 0 Å². The summed E-state index contributed by atoms with van der Waals surface area (Å²) in [5, 5.41) is 8.04. The molecule has 0 aliphatic carbocycles. The van der Waals surface area contributed by atoms with Crippen LogP contribution in [-0.4, -0.2) is 47.1 Å². The number of hydrogen-bond acceptors (Lipinski definition) is 5. The monoisotopic (exact) mass is 364 g/mol. The molecule has 1 aliphatic rings. The lowest BCUT2D eigenvalue weighted by molar-refractivity contribution is 0.0700. The molecule has 0 saturated carbocycles. The van der Waals surface area contributed by atoms with Gasteiger partial charge in [0, 0.05) is 24.7 Å². The number of piperidine rings is 1. The van der Waals surface area contributed by atoms with Crippen LogP contribution in [0.25, 0.3) is 22.4 Å². The number of nitrogens with one attached hydrogen (secondary N) is 1. The lowest BCUT2D eigenvalue weighted by Gasteiger charge is -2.32. The van der Waals surface area contributed by atoms with Crippen LogP contribution < -0.4 is 5.32 Å². The molecule has 1 aliphatic heterocycles. The molecule has 0 bridgehead atoms. The average Bonchev–Trinajstić information content (AvgIpc) is 3.08. The molecule has 1 atom stereocenters. The van der Waals surface area contributed by atoms with Crippen LogP contribution in [-0.2, 0) is 0 Å². The van der Waals surface area contributed by atoms with Gasteiger partial charge >= 0.3 is 0 Å². The molecule has 1 N–H and O–H groups in total. The third-order valence-electron chi connectivity index (χ3n) is 5.31. The maximum atomic E-state index is 13.4. The highest BCUT2D eigenvalue weighted by atomic mass is 16.5. The topological polar surface area (TPSA) is 71.3 Å². The Morgan fingerprint density at radius 1 is 1.26 bits per heavy atom. The molecular weight excluding hydrogens is 340 g/mol. The fourth-order valence-corrected chi connectivity index (χ4v) is 3.70. The Hall–Kier alpha value is -2.73. The van der Waals surface area contributed by atoms with E-state index in [0.717, 1.165) is 30.6 Å². The first kappa shape index (κ1) is 17.7. The zero-order valence-corrected chi connectivity index (χ0v) is 16.0.